The Morgan fingerprint density at radius 1 is 1.40 bits per heavy atom. The average molecular weight is 293 g/mol. The van der Waals surface area contributed by atoms with Crippen LogP contribution in [0.3, 0.4) is 0 Å². The van der Waals surface area contributed by atoms with Gasteiger partial charge in [0.2, 0.25) is 0 Å². The number of nitriles is 1. The Bertz CT molecular complexity index is 519. The number of halogens is 1. The van der Waals surface area contributed by atoms with E-state index in [0.717, 1.165) is 12.8 Å². The third kappa shape index (κ3) is 4.14. The fourth-order valence-corrected chi connectivity index (χ4v) is 2.58. The van der Waals surface area contributed by atoms with Crippen molar-refractivity contribution in [3.05, 3.63) is 28.8 Å². The van der Waals surface area contributed by atoms with Crippen molar-refractivity contribution in [1.29, 1.82) is 5.26 Å². The van der Waals surface area contributed by atoms with E-state index in [2.05, 4.69) is 5.32 Å². The molecule has 1 aromatic rings. The lowest BCUT2D eigenvalue weighted by Gasteiger charge is -2.22. The molecule has 1 N–H and O–H groups in total. The summed E-state index contributed by atoms with van der Waals surface area (Å²) in [5, 5.41) is 12.1. The Morgan fingerprint density at radius 2 is 2.15 bits per heavy atom. The number of amides is 1. The number of ether oxygens (including phenoxy) is 1. The lowest BCUT2D eigenvalue weighted by molar-refractivity contribution is -0.124. The molecule has 0 atom stereocenters. The maximum atomic E-state index is 11.8. The molecule has 0 aromatic heterocycles. The fourth-order valence-electron chi connectivity index (χ4n) is 2.35. The first-order chi connectivity index (χ1) is 9.69. The molecule has 0 saturated heterocycles. The molecule has 1 aliphatic rings. The quantitative estimate of drug-likeness (QED) is 0.928. The highest BCUT2D eigenvalue weighted by Gasteiger charge is 2.16. The Morgan fingerprint density at radius 3 is 2.80 bits per heavy atom. The van der Waals surface area contributed by atoms with Crippen molar-refractivity contribution in [2.45, 2.75) is 38.1 Å². The van der Waals surface area contributed by atoms with Gasteiger partial charge in [0, 0.05) is 6.04 Å². The molecule has 0 unspecified atom stereocenters. The predicted octanol–water partition coefficient (Wildman–Crippen LogP) is 3.04. The van der Waals surface area contributed by atoms with Gasteiger partial charge < -0.3 is 10.1 Å². The molecule has 0 spiro atoms. The van der Waals surface area contributed by atoms with E-state index in [1.807, 2.05) is 6.07 Å². The SMILES string of the molecule is N#Cc1ccc(OCC(=O)NC2CCCCC2)c(Cl)c1. The van der Waals surface area contributed by atoms with E-state index in [0.29, 0.717) is 16.3 Å². The average Bonchev–Trinajstić information content (AvgIpc) is 2.47. The number of carbonyl (C=O) groups excluding carboxylic acids is 1. The summed E-state index contributed by atoms with van der Waals surface area (Å²) in [5.41, 5.74) is 0.467. The van der Waals surface area contributed by atoms with Crippen molar-refractivity contribution in [3.63, 3.8) is 0 Å². The van der Waals surface area contributed by atoms with Gasteiger partial charge in [-0.3, -0.25) is 4.79 Å². The molecule has 106 valence electrons. The Labute approximate surface area is 123 Å². The van der Waals surface area contributed by atoms with Crippen LogP contribution in [0.2, 0.25) is 5.02 Å². The summed E-state index contributed by atoms with van der Waals surface area (Å²) in [6.45, 7) is -0.0535. The first-order valence-electron chi connectivity index (χ1n) is 6.81. The smallest absolute Gasteiger partial charge is 0.258 e. The van der Waals surface area contributed by atoms with Crippen LogP contribution in [0.5, 0.6) is 5.75 Å². The van der Waals surface area contributed by atoms with Crippen molar-refractivity contribution in [2.24, 2.45) is 0 Å². The summed E-state index contributed by atoms with van der Waals surface area (Å²) in [6, 6.07) is 7.01. The second kappa shape index (κ2) is 7.16. The van der Waals surface area contributed by atoms with Gasteiger partial charge in [-0.25, -0.2) is 0 Å². The van der Waals surface area contributed by atoms with Crippen molar-refractivity contribution >= 4 is 17.5 Å². The molecule has 0 radical (unpaired) electrons. The molecule has 0 bridgehead atoms. The number of rotatable bonds is 4. The molecule has 1 aliphatic carbocycles. The van der Waals surface area contributed by atoms with Crippen LogP contribution in [0.1, 0.15) is 37.7 Å². The maximum Gasteiger partial charge on any atom is 0.258 e. The first-order valence-corrected chi connectivity index (χ1v) is 7.18. The van der Waals surface area contributed by atoms with Crippen LogP contribution in [-0.4, -0.2) is 18.6 Å². The number of nitrogens with one attached hydrogen (secondary N) is 1. The molecule has 1 amide bonds. The van der Waals surface area contributed by atoms with Crippen LogP contribution < -0.4 is 10.1 Å². The third-order valence-electron chi connectivity index (χ3n) is 3.39. The molecule has 2 rings (SSSR count). The van der Waals surface area contributed by atoms with E-state index >= 15 is 0 Å². The minimum absolute atomic E-state index is 0.0535. The van der Waals surface area contributed by atoms with E-state index in [9.17, 15) is 4.79 Å². The second-order valence-corrected chi connectivity index (χ2v) is 5.36. The predicted molar refractivity (Wildman–Crippen MR) is 76.7 cm³/mol. The number of nitrogens with zero attached hydrogens (tertiary/aromatic N) is 1. The van der Waals surface area contributed by atoms with Gasteiger partial charge in [-0.05, 0) is 31.0 Å². The Hall–Kier alpha value is -1.73. The minimum Gasteiger partial charge on any atom is -0.482 e. The molecule has 4 nitrogen and oxygen atoms in total. The number of carbonyl (C=O) groups is 1. The molecule has 0 heterocycles. The summed E-state index contributed by atoms with van der Waals surface area (Å²) in [5.74, 6) is 0.293. The van der Waals surface area contributed by atoms with Gasteiger partial charge >= 0.3 is 0 Å². The molecule has 1 aromatic carbocycles. The second-order valence-electron chi connectivity index (χ2n) is 4.95. The van der Waals surface area contributed by atoms with Gasteiger partial charge in [0.1, 0.15) is 5.75 Å². The summed E-state index contributed by atoms with van der Waals surface area (Å²) in [4.78, 5) is 11.8. The summed E-state index contributed by atoms with van der Waals surface area (Å²) < 4.78 is 5.39. The highest BCUT2D eigenvalue weighted by atomic mass is 35.5. The molecule has 20 heavy (non-hydrogen) atoms. The van der Waals surface area contributed by atoms with Crippen molar-refractivity contribution in [3.8, 4) is 11.8 Å². The zero-order valence-corrected chi connectivity index (χ0v) is 11.9. The monoisotopic (exact) mass is 292 g/mol. The lowest BCUT2D eigenvalue weighted by atomic mass is 9.95. The lowest BCUT2D eigenvalue weighted by Crippen LogP contribution is -2.38. The number of hydrogen-bond donors (Lipinski definition) is 1. The molecule has 5 heteroatoms. The van der Waals surface area contributed by atoms with Gasteiger partial charge in [0.15, 0.2) is 6.61 Å². The van der Waals surface area contributed by atoms with E-state index in [1.165, 1.54) is 25.3 Å². The van der Waals surface area contributed by atoms with E-state index in [4.69, 9.17) is 21.6 Å². The third-order valence-corrected chi connectivity index (χ3v) is 3.69. The van der Waals surface area contributed by atoms with E-state index in [1.54, 1.807) is 12.1 Å². The van der Waals surface area contributed by atoms with Crippen LogP contribution in [0.25, 0.3) is 0 Å². The fraction of sp³-hybridized carbons (Fsp3) is 0.467. The molecule has 1 saturated carbocycles. The Kier molecular flexibility index (Phi) is 5.25. The normalized spacial score (nSPS) is 15.4. The first kappa shape index (κ1) is 14.7. The molecule has 1 fully saturated rings. The van der Waals surface area contributed by atoms with Crippen molar-refractivity contribution in [1.82, 2.24) is 5.32 Å². The minimum atomic E-state index is -0.127. The van der Waals surface area contributed by atoms with Crippen LogP contribution in [-0.2, 0) is 4.79 Å². The van der Waals surface area contributed by atoms with Crippen LogP contribution in [0.4, 0.5) is 0 Å². The van der Waals surface area contributed by atoms with E-state index < -0.39 is 0 Å². The topological polar surface area (TPSA) is 62.1 Å². The zero-order valence-electron chi connectivity index (χ0n) is 11.2. The molecular weight excluding hydrogens is 276 g/mol. The van der Waals surface area contributed by atoms with Crippen molar-refractivity contribution < 1.29 is 9.53 Å². The number of benzene rings is 1. The molecular formula is C15H17ClN2O2. The maximum absolute atomic E-state index is 11.8. The van der Waals surface area contributed by atoms with Gasteiger partial charge in [-0.1, -0.05) is 30.9 Å². The summed E-state index contributed by atoms with van der Waals surface area (Å²) >= 11 is 5.98. The zero-order chi connectivity index (χ0) is 14.4. The largest absolute Gasteiger partial charge is 0.482 e. The van der Waals surface area contributed by atoms with Gasteiger partial charge in [0.25, 0.3) is 5.91 Å². The summed E-state index contributed by atoms with van der Waals surface area (Å²) in [6.07, 6.45) is 5.69. The van der Waals surface area contributed by atoms with Gasteiger partial charge in [-0.2, -0.15) is 5.26 Å². The summed E-state index contributed by atoms with van der Waals surface area (Å²) in [7, 11) is 0. The highest BCUT2D eigenvalue weighted by molar-refractivity contribution is 6.32. The van der Waals surface area contributed by atoms with Crippen molar-refractivity contribution in [2.75, 3.05) is 6.61 Å². The van der Waals surface area contributed by atoms with Crippen LogP contribution in [0.15, 0.2) is 18.2 Å². The standard InChI is InChI=1S/C15H17ClN2O2/c16-13-8-11(9-17)6-7-14(13)20-10-15(19)18-12-4-2-1-3-5-12/h6-8,12H,1-5,10H2,(H,18,19). The highest BCUT2D eigenvalue weighted by Crippen LogP contribution is 2.25. The van der Waals surface area contributed by atoms with E-state index in [-0.39, 0.29) is 18.6 Å². The van der Waals surface area contributed by atoms with Gasteiger partial charge in [0.05, 0.1) is 16.7 Å². The molecule has 0 aliphatic heterocycles. The number of hydrogen-bond acceptors (Lipinski definition) is 3. The van der Waals surface area contributed by atoms with Gasteiger partial charge in [-0.15, -0.1) is 0 Å². The Balaban J connectivity index is 1.82. The van der Waals surface area contributed by atoms with Crippen LogP contribution in [0, 0.1) is 11.3 Å². The van der Waals surface area contributed by atoms with Crippen LogP contribution >= 0.6 is 11.6 Å².